The number of ether oxygens (including phenoxy) is 2. The summed E-state index contributed by atoms with van der Waals surface area (Å²) in [4.78, 5) is 12.1. The summed E-state index contributed by atoms with van der Waals surface area (Å²) in [6, 6.07) is 14.0. The monoisotopic (exact) mass is 286 g/mol. The Morgan fingerprint density at radius 2 is 1.95 bits per heavy atom. The number of hydrogen-bond acceptors (Lipinski definition) is 4. The van der Waals surface area contributed by atoms with Crippen LogP contribution in [0.25, 0.3) is 0 Å². The van der Waals surface area contributed by atoms with Crippen molar-refractivity contribution in [3.8, 4) is 5.75 Å². The molecule has 3 N–H and O–H groups in total. The molecule has 21 heavy (non-hydrogen) atoms. The van der Waals surface area contributed by atoms with Crippen molar-refractivity contribution in [3.63, 3.8) is 0 Å². The Balaban J connectivity index is 2.02. The molecule has 2 rings (SSSR count). The van der Waals surface area contributed by atoms with Crippen molar-refractivity contribution in [2.75, 3.05) is 31.4 Å². The first kappa shape index (κ1) is 14.9. The molecule has 0 aliphatic rings. The van der Waals surface area contributed by atoms with Crippen LogP contribution in [-0.4, -0.2) is 26.2 Å². The van der Waals surface area contributed by atoms with Gasteiger partial charge in [0.25, 0.3) is 5.91 Å². The van der Waals surface area contributed by atoms with Crippen molar-refractivity contribution < 1.29 is 14.3 Å². The molecular formula is C16H18N2O3. The third-order valence-corrected chi connectivity index (χ3v) is 2.80. The van der Waals surface area contributed by atoms with Gasteiger partial charge in [0.15, 0.2) is 0 Å². The molecule has 0 fully saturated rings. The second kappa shape index (κ2) is 7.31. The van der Waals surface area contributed by atoms with Gasteiger partial charge >= 0.3 is 0 Å². The highest BCUT2D eigenvalue weighted by atomic mass is 16.5. The fourth-order valence-corrected chi connectivity index (χ4v) is 1.79. The Morgan fingerprint density at radius 3 is 2.71 bits per heavy atom. The van der Waals surface area contributed by atoms with Crippen molar-refractivity contribution in [2.45, 2.75) is 0 Å². The summed E-state index contributed by atoms with van der Waals surface area (Å²) in [5.74, 6) is 0.466. The van der Waals surface area contributed by atoms with Crippen molar-refractivity contribution in [3.05, 3.63) is 54.1 Å². The number of nitrogens with two attached hydrogens (primary N) is 1. The minimum Gasteiger partial charge on any atom is -0.491 e. The number of amides is 1. The number of anilines is 2. The Hall–Kier alpha value is -2.53. The molecule has 5 nitrogen and oxygen atoms in total. The molecule has 0 saturated heterocycles. The van der Waals surface area contributed by atoms with E-state index in [4.69, 9.17) is 15.2 Å². The summed E-state index contributed by atoms with van der Waals surface area (Å²) in [6.07, 6.45) is 0. The van der Waals surface area contributed by atoms with Gasteiger partial charge in [0.05, 0.1) is 6.61 Å². The minimum absolute atomic E-state index is 0.212. The van der Waals surface area contributed by atoms with Crippen LogP contribution in [0.1, 0.15) is 10.4 Å². The van der Waals surface area contributed by atoms with Crippen molar-refractivity contribution in [2.24, 2.45) is 0 Å². The average Bonchev–Trinajstić information content (AvgIpc) is 2.48. The van der Waals surface area contributed by atoms with E-state index >= 15 is 0 Å². The molecule has 0 radical (unpaired) electrons. The second-order valence-electron chi connectivity index (χ2n) is 4.45. The molecular weight excluding hydrogens is 268 g/mol. The van der Waals surface area contributed by atoms with Crippen molar-refractivity contribution in [1.29, 1.82) is 0 Å². The van der Waals surface area contributed by atoms with Crippen LogP contribution in [0.4, 0.5) is 11.4 Å². The van der Waals surface area contributed by atoms with Crippen molar-refractivity contribution in [1.82, 2.24) is 0 Å². The number of rotatable bonds is 6. The van der Waals surface area contributed by atoms with Gasteiger partial charge in [-0.3, -0.25) is 4.79 Å². The highest BCUT2D eigenvalue weighted by Crippen LogP contribution is 2.18. The van der Waals surface area contributed by atoms with Crippen LogP contribution in [-0.2, 0) is 4.74 Å². The standard InChI is InChI=1S/C16H18N2O3/c1-20-8-9-21-15-7-3-6-14(11-15)18-16(19)12-4-2-5-13(17)10-12/h2-7,10-11H,8-9,17H2,1H3,(H,18,19). The lowest BCUT2D eigenvalue weighted by Gasteiger charge is -2.09. The zero-order valence-electron chi connectivity index (χ0n) is 11.8. The second-order valence-corrected chi connectivity index (χ2v) is 4.45. The third kappa shape index (κ3) is 4.50. The maximum atomic E-state index is 12.1. The predicted molar refractivity (Wildman–Crippen MR) is 82.6 cm³/mol. The highest BCUT2D eigenvalue weighted by Gasteiger charge is 2.06. The quantitative estimate of drug-likeness (QED) is 0.632. The van der Waals surface area contributed by atoms with Gasteiger partial charge in [-0.2, -0.15) is 0 Å². The maximum absolute atomic E-state index is 12.1. The Morgan fingerprint density at radius 1 is 1.14 bits per heavy atom. The molecule has 0 bridgehead atoms. The van der Waals surface area contributed by atoms with Gasteiger partial charge in [-0.15, -0.1) is 0 Å². The lowest BCUT2D eigenvalue weighted by atomic mass is 10.2. The Labute approximate surface area is 123 Å². The van der Waals surface area contributed by atoms with E-state index in [9.17, 15) is 4.79 Å². The van der Waals surface area contributed by atoms with Crippen LogP contribution in [0.2, 0.25) is 0 Å². The molecule has 0 aliphatic carbocycles. The fraction of sp³-hybridized carbons (Fsp3) is 0.188. The summed E-state index contributed by atoms with van der Waals surface area (Å²) in [6.45, 7) is 0.975. The summed E-state index contributed by atoms with van der Waals surface area (Å²) >= 11 is 0. The molecule has 1 amide bonds. The van der Waals surface area contributed by atoms with E-state index in [0.29, 0.717) is 35.9 Å². The minimum atomic E-state index is -0.212. The van der Waals surface area contributed by atoms with E-state index in [0.717, 1.165) is 0 Å². The van der Waals surface area contributed by atoms with Gasteiger partial charge in [0.2, 0.25) is 0 Å². The molecule has 0 unspecified atom stereocenters. The summed E-state index contributed by atoms with van der Waals surface area (Å²) in [5, 5.41) is 2.81. The first-order chi connectivity index (χ1) is 10.2. The van der Waals surface area contributed by atoms with Gasteiger partial charge < -0.3 is 20.5 Å². The van der Waals surface area contributed by atoms with Crippen LogP contribution in [0.3, 0.4) is 0 Å². The highest BCUT2D eigenvalue weighted by molar-refractivity contribution is 6.04. The van der Waals surface area contributed by atoms with Gasteiger partial charge in [-0.1, -0.05) is 12.1 Å². The Kier molecular flexibility index (Phi) is 5.17. The number of nitrogen functional groups attached to an aromatic ring is 1. The molecule has 0 atom stereocenters. The molecule has 2 aromatic rings. The zero-order valence-corrected chi connectivity index (χ0v) is 11.8. The topological polar surface area (TPSA) is 73.6 Å². The van der Waals surface area contributed by atoms with E-state index in [1.54, 1.807) is 43.5 Å². The largest absolute Gasteiger partial charge is 0.491 e. The smallest absolute Gasteiger partial charge is 0.255 e. The number of nitrogens with one attached hydrogen (secondary N) is 1. The average molecular weight is 286 g/mol. The van der Waals surface area contributed by atoms with Crippen LogP contribution >= 0.6 is 0 Å². The van der Waals surface area contributed by atoms with E-state index in [-0.39, 0.29) is 5.91 Å². The van der Waals surface area contributed by atoms with Crippen LogP contribution < -0.4 is 15.8 Å². The van der Waals surface area contributed by atoms with Crippen LogP contribution in [0.15, 0.2) is 48.5 Å². The van der Waals surface area contributed by atoms with Gasteiger partial charge in [0.1, 0.15) is 12.4 Å². The van der Waals surface area contributed by atoms with Crippen LogP contribution in [0.5, 0.6) is 5.75 Å². The van der Waals surface area contributed by atoms with E-state index in [2.05, 4.69) is 5.32 Å². The number of carbonyl (C=O) groups excluding carboxylic acids is 1. The first-order valence-corrected chi connectivity index (χ1v) is 6.58. The Bertz CT molecular complexity index is 614. The molecule has 0 saturated carbocycles. The van der Waals surface area contributed by atoms with Gasteiger partial charge in [-0.05, 0) is 30.3 Å². The normalized spacial score (nSPS) is 10.1. The van der Waals surface area contributed by atoms with E-state index < -0.39 is 0 Å². The summed E-state index contributed by atoms with van der Waals surface area (Å²) in [5.41, 5.74) is 7.40. The fourth-order valence-electron chi connectivity index (χ4n) is 1.79. The zero-order chi connectivity index (χ0) is 15.1. The maximum Gasteiger partial charge on any atom is 0.255 e. The van der Waals surface area contributed by atoms with E-state index in [1.807, 2.05) is 12.1 Å². The molecule has 110 valence electrons. The molecule has 0 aliphatic heterocycles. The first-order valence-electron chi connectivity index (χ1n) is 6.58. The lowest BCUT2D eigenvalue weighted by Crippen LogP contribution is -2.12. The molecule has 0 spiro atoms. The van der Waals surface area contributed by atoms with Crippen molar-refractivity contribution >= 4 is 17.3 Å². The molecule has 2 aromatic carbocycles. The number of hydrogen-bond donors (Lipinski definition) is 2. The molecule has 0 heterocycles. The number of carbonyl (C=O) groups is 1. The molecule has 5 heteroatoms. The van der Waals surface area contributed by atoms with Gasteiger partial charge in [0, 0.05) is 30.1 Å². The summed E-state index contributed by atoms with van der Waals surface area (Å²) < 4.78 is 10.4. The SMILES string of the molecule is COCCOc1cccc(NC(=O)c2cccc(N)c2)c1. The van der Waals surface area contributed by atoms with E-state index in [1.165, 1.54) is 0 Å². The lowest BCUT2D eigenvalue weighted by molar-refractivity contribution is 0.102. The third-order valence-electron chi connectivity index (χ3n) is 2.80. The summed E-state index contributed by atoms with van der Waals surface area (Å²) in [7, 11) is 1.62. The predicted octanol–water partition coefficient (Wildman–Crippen LogP) is 2.55. The number of methoxy groups -OCH3 is 1. The number of benzene rings is 2. The molecule has 0 aromatic heterocycles. The van der Waals surface area contributed by atoms with Crippen LogP contribution in [0, 0.1) is 0 Å². The van der Waals surface area contributed by atoms with Gasteiger partial charge in [-0.25, -0.2) is 0 Å².